The van der Waals surface area contributed by atoms with E-state index in [1.165, 1.54) is 18.2 Å². The zero-order valence-electron chi connectivity index (χ0n) is 20.6. The molecule has 0 bridgehead atoms. The first-order valence-corrected chi connectivity index (χ1v) is 12.0. The maximum atomic E-state index is 14.1. The number of pyridine rings is 1. The Balaban J connectivity index is 1.34. The number of nitrogens with two attached hydrogens (primary N) is 1. The van der Waals surface area contributed by atoms with Crippen molar-refractivity contribution in [3.05, 3.63) is 88.4 Å². The van der Waals surface area contributed by atoms with Gasteiger partial charge in [-0.1, -0.05) is 12.1 Å². The van der Waals surface area contributed by atoms with E-state index in [1.54, 1.807) is 23.6 Å². The third kappa shape index (κ3) is 4.99. The van der Waals surface area contributed by atoms with E-state index in [-0.39, 0.29) is 30.4 Å². The van der Waals surface area contributed by atoms with E-state index >= 15 is 0 Å². The third-order valence-electron chi connectivity index (χ3n) is 6.37. The van der Waals surface area contributed by atoms with Gasteiger partial charge in [0.25, 0.3) is 0 Å². The van der Waals surface area contributed by atoms with Gasteiger partial charge in [-0.25, -0.2) is 13.8 Å². The third-order valence-corrected chi connectivity index (χ3v) is 6.37. The minimum Gasteiger partial charge on any atom is -0.486 e. The summed E-state index contributed by atoms with van der Waals surface area (Å²) in [5, 5.41) is 0. The summed E-state index contributed by atoms with van der Waals surface area (Å²) in [6.45, 7) is 4.28. The van der Waals surface area contributed by atoms with Gasteiger partial charge in [0.15, 0.2) is 28.7 Å². The second-order valence-electron chi connectivity index (χ2n) is 9.08. The van der Waals surface area contributed by atoms with Gasteiger partial charge in [0.2, 0.25) is 0 Å². The maximum absolute atomic E-state index is 14.1. The molecule has 3 heterocycles. The fourth-order valence-corrected chi connectivity index (χ4v) is 4.48. The van der Waals surface area contributed by atoms with Crippen LogP contribution in [0.4, 0.5) is 8.78 Å². The second kappa shape index (κ2) is 10.2. The Bertz CT molecular complexity index is 1460. The highest BCUT2D eigenvalue weighted by Crippen LogP contribution is 2.33. The molecule has 37 heavy (non-hydrogen) atoms. The van der Waals surface area contributed by atoms with Crippen LogP contribution in [0, 0.1) is 25.5 Å². The highest BCUT2D eigenvalue weighted by atomic mass is 19.1. The molecule has 0 aliphatic carbocycles. The molecule has 1 atom stereocenters. The molecule has 0 spiro atoms. The molecule has 192 valence electrons. The summed E-state index contributed by atoms with van der Waals surface area (Å²) >= 11 is 0. The summed E-state index contributed by atoms with van der Waals surface area (Å²) in [5.74, 6) is 0.182. The molecule has 2 aromatic heterocycles. The predicted molar refractivity (Wildman–Crippen MR) is 133 cm³/mol. The Kier molecular flexibility index (Phi) is 6.80. The minimum absolute atomic E-state index is 0.116. The Morgan fingerprint density at radius 3 is 2.59 bits per heavy atom. The minimum atomic E-state index is -0.687. The number of ether oxygens (including phenoxy) is 3. The summed E-state index contributed by atoms with van der Waals surface area (Å²) in [6.07, 6.45) is 2.42. The first kappa shape index (κ1) is 24.7. The average molecular weight is 508 g/mol. The van der Waals surface area contributed by atoms with E-state index in [0.29, 0.717) is 53.9 Å². The Morgan fingerprint density at radius 1 is 1.11 bits per heavy atom. The number of rotatable bonds is 8. The van der Waals surface area contributed by atoms with Gasteiger partial charge in [0, 0.05) is 18.7 Å². The lowest BCUT2D eigenvalue weighted by Gasteiger charge is -2.20. The standard InChI is InChI=1S/C28H27F2N3O4/c1-16-12-26(37-15-19-20(29)4-3-5-21(19)30)28-32-17(2)27(33(28)14-16)23(34)8-7-22(31)18-6-9-24-25(13-18)36-11-10-35-24/h3-6,9,12-14,22H,7-8,10-11,15,31H2,1-2H3. The number of aryl methyl sites for hydroxylation is 2. The number of halogens is 2. The summed E-state index contributed by atoms with van der Waals surface area (Å²) < 4.78 is 46.8. The van der Waals surface area contributed by atoms with Gasteiger partial charge < -0.3 is 19.9 Å². The molecule has 4 aromatic rings. The lowest BCUT2D eigenvalue weighted by Crippen LogP contribution is -2.17. The van der Waals surface area contributed by atoms with Crippen LogP contribution in [0.3, 0.4) is 0 Å². The molecule has 0 amide bonds. The molecule has 1 aliphatic rings. The average Bonchev–Trinajstić information content (AvgIpc) is 3.22. The van der Waals surface area contributed by atoms with E-state index < -0.39 is 11.6 Å². The maximum Gasteiger partial charge on any atom is 0.181 e. The molecule has 2 N–H and O–H groups in total. The molecule has 5 rings (SSSR count). The molecule has 2 aromatic carbocycles. The molecule has 1 aliphatic heterocycles. The van der Waals surface area contributed by atoms with E-state index in [2.05, 4.69) is 4.98 Å². The van der Waals surface area contributed by atoms with E-state index in [0.717, 1.165) is 11.1 Å². The van der Waals surface area contributed by atoms with Gasteiger partial charge in [0.1, 0.15) is 37.1 Å². The normalized spacial score (nSPS) is 13.5. The molecule has 7 nitrogen and oxygen atoms in total. The van der Waals surface area contributed by atoms with Crippen molar-refractivity contribution in [2.45, 2.75) is 39.3 Å². The van der Waals surface area contributed by atoms with E-state index in [1.807, 2.05) is 25.1 Å². The van der Waals surface area contributed by atoms with Crippen LogP contribution in [0.5, 0.6) is 17.2 Å². The van der Waals surface area contributed by atoms with Crippen LogP contribution in [-0.4, -0.2) is 28.4 Å². The number of nitrogens with zero attached hydrogens (tertiary/aromatic N) is 2. The quantitative estimate of drug-likeness (QED) is 0.328. The molecule has 9 heteroatoms. The highest BCUT2D eigenvalue weighted by Gasteiger charge is 2.22. The fraction of sp³-hybridized carbons (Fsp3) is 0.286. The zero-order valence-corrected chi connectivity index (χ0v) is 20.6. The summed E-state index contributed by atoms with van der Waals surface area (Å²) in [4.78, 5) is 17.8. The van der Waals surface area contributed by atoms with Crippen LogP contribution >= 0.6 is 0 Å². The van der Waals surface area contributed by atoms with E-state index in [9.17, 15) is 13.6 Å². The van der Waals surface area contributed by atoms with Crippen LogP contribution < -0.4 is 19.9 Å². The Labute approximate surface area is 212 Å². The van der Waals surface area contributed by atoms with Gasteiger partial charge in [-0.2, -0.15) is 0 Å². The second-order valence-corrected chi connectivity index (χ2v) is 9.08. The van der Waals surface area contributed by atoms with Gasteiger partial charge in [0.05, 0.1) is 11.3 Å². The van der Waals surface area contributed by atoms with Crippen molar-refractivity contribution in [3.8, 4) is 17.2 Å². The first-order valence-electron chi connectivity index (χ1n) is 12.0. The number of hydrogen-bond donors (Lipinski definition) is 1. The van der Waals surface area contributed by atoms with Crippen molar-refractivity contribution in [1.29, 1.82) is 0 Å². The van der Waals surface area contributed by atoms with Crippen molar-refractivity contribution in [3.63, 3.8) is 0 Å². The monoisotopic (exact) mass is 507 g/mol. The summed E-state index contributed by atoms with van der Waals surface area (Å²) in [6, 6.07) is 10.6. The van der Waals surface area contributed by atoms with Crippen molar-refractivity contribution in [1.82, 2.24) is 9.38 Å². The SMILES string of the molecule is Cc1cc(OCc2c(F)cccc2F)c2nc(C)c(C(=O)CCC(N)c3ccc4c(c3)OCCO4)n2c1. The van der Waals surface area contributed by atoms with Crippen LogP contribution in [0.1, 0.15) is 51.8 Å². The number of ketones is 1. The van der Waals surface area contributed by atoms with Crippen molar-refractivity contribution < 1.29 is 27.8 Å². The smallest absolute Gasteiger partial charge is 0.181 e. The van der Waals surface area contributed by atoms with Crippen LogP contribution in [0.15, 0.2) is 48.7 Å². The van der Waals surface area contributed by atoms with E-state index in [4.69, 9.17) is 19.9 Å². The summed E-state index contributed by atoms with van der Waals surface area (Å²) in [5.41, 5.74) is 9.25. The molecule has 0 saturated carbocycles. The number of carbonyl (C=O) groups excluding carboxylic acids is 1. The number of hydrogen-bond acceptors (Lipinski definition) is 6. The number of aromatic nitrogens is 2. The van der Waals surface area contributed by atoms with Gasteiger partial charge >= 0.3 is 0 Å². The first-order chi connectivity index (χ1) is 17.8. The molecule has 0 fully saturated rings. The Hall–Kier alpha value is -3.98. The summed E-state index contributed by atoms with van der Waals surface area (Å²) in [7, 11) is 0. The highest BCUT2D eigenvalue weighted by molar-refractivity contribution is 5.96. The van der Waals surface area contributed by atoms with Crippen LogP contribution in [0.2, 0.25) is 0 Å². The molecule has 0 saturated heterocycles. The van der Waals surface area contributed by atoms with Crippen molar-refractivity contribution in [2.24, 2.45) is 5.73 Å². The number of benzene rings is 2. The van der Waals surface area contributed by atoms with Crippen molar-refractivity contribution >= 4 is 11.4 Å². The largest absolute Gasteiger partial charge is 0.486 e. The number of Topliss-reactive ketones (excluding diaryl/α,β-unsaturated/α-hetero) is 1. The number of fused-ring (bicyclic) bond motifs is 2. The number of carbonyl (C=O) groups is 1. The van der Waals surface area contributed by atoms with Crippen molar-refractivity contribution in [2.75, 3.05) is 13.2 Å². The lowest BCUT2D eigenvalue weighted by atomic mass is 9.99. The van der Waals surface area contributed by atoms with Crippen LogP contribution in [-0.2, 0) is 6.61 Å². The molecular formula is C28H27F2N3O4. The molecule has 0 radical (unpaired) electrons. The number of imidazole rings is 1. The molecule has 1 unspecified atom stereocenters. The van der Waals surface area contributed by atoms with Gasteiger partial charge in [-0.15, -0.1) is 0 Å². The van der Waals surface area contributed by atoms with Gasteiger partial charge in [-0.3, -0.25) is 9.20 Å². The zero-order chi connectivity index (χ0) is 26.1. The van der Waals surface area contributed by atoms with Gasteiger partial charge in [-0.05, 0) is 61.7 Å². The lowest BCUT2D eigenvalue weighted by molar-refractivity contribution is 0.0971. The topological polar surface area (TPSA) is 88.1 Å². The predicted octanol–water partition coefficient (Wildman–Crippen LogP) is 5.24. The fourth-order valence-electron chi connectivity index (χ4n) is 4.48. The molecular weight excluding hydrogens is 480 g/mol. The Morgan fingerprint density at radius 2 is 1.84 bits per heavy atom. The van der Waals surface area contributed by atoms with Crippen LogP contribution in [0.25, 0.3) is 5.65 Å².